The van der Waals surface area contributed by atoms with Gasteiger partial charge in [-0.25, -0.2) is 0 Å². The van der Waals surface area contributed by atoms with Gasteiger partial charge in [-0.05, 0) is 12.7 Å². The average molecular weight is 191 g/mol. The van der Waals surface area contributed by atoms with Gasteiger partial charge in [0, 0.05) is 18.8 Å². The van der Waals surface area contributed by atoms with E-state index in [0.29, 0.717) is 6.04 Å². The van der Waals surface area contributed by atoms with Crippen LogP contribution in [-0.2, 0) is 0 Å². The van der Waals surface area contributed by atoms with Gasteiger partial charge in [-0.15, -0.1) is 0 Å². The van der Waals surface area contributed by atoms with Crippen molar-refractivity contribution in [3.05, 3.63) is 0 Å². The molecule has 0 aromatic carbocycles. The minimum Gasteiger partial charge on any atom is -0.408 e. The summed E-state index contributed by atoms with van der Waals surface area (Å²) in [5, 5.41) is 11.4. The number of oxime groups is 1. The van der Waals surface area contributed by atoms with Gasteiger partial charge < -0.3 is 15.8 Å². The van der Waals surface area contributed by atoms with E-state index in [1.807, 2.05) is 13.3 Å². The predicted octanol–water partition coefficient (Wildman–Crippen LogP) is 0.764. The molecule has 12 heavy (non-hydrogen) atoms. The molecule has 72 valence electrons. The molecule has 0 heterocycles. The van der Waals surface area contributed by atoms with E-state index in [1.165, 1.54) is 0 Å². The van der Waals surface area contributed by atoms with Gasteiger partial charge in [0.05, 0.1) is 0 Å². The number of nitrogens with two attached hydrogens (primary N) is 1. The zero-order valence-corrected chi connectivity index (χ0v) is 8.64. The molecule has 0 spiro atoms. The van der Waals surface area contributed by atoms with E-state index in [1.54, 1.807) is 16.7 Å². The van der Waals surface area contributed by atoms with Crippen LogP contribution in [0.5, 0.6) is 0 Å². The Morgan fingerprint density at radius 1 is 1.75 bits per heavy atom. The minimum absolute atomic E-state index is 0.177. The summed E-state index contributed by atoms with van der Waals surface area (Å²) in [5.41, 5.74) is 5.44. The van der Waals surface area contributed by atoms with Gasteiger partial charge >= 0.3 is 0 Å². The summed E-state index contributed by atoms with van der Waals surface area (Å²) < 4.78 is 0. The van der Waals surface area contributed by atoms with Crippen LogP contribution in [0.4, 0.5) is 0 Å². The Labute approximate surface area is 77.8 Å². The quantitative estimate of drug-likeness (QED) is 0.298. The van der Waals surface area contributed by atoms with Crippen LogP contribution in [0.3, 0.4) is 0 Å². The summed E-state index contributed by atoms with van der Waals surface area (Å²) in [6.45, 7) is 2.09. The molecule has 0 aliphatic carbocycles. The van der Waals surface area contributed by atoms with E-state index >= 15 is 0 Å². The Bertz CT molecular complexity index is 152. The second-order valence-corrected chi connectivity index (χ2v) is 3.50. The van der Waals surface area contributed by atoms with Crippen molar-refractivity contribution in [2.24, 2.45) is 10.9 Å². The molecule has 0 radical (unpaired) electrons. The minimum atomic E-state index is 0.177. The summed E-state index contributed by atoms with van der Waals surface area (Å²) in [7, 11) is 1.83. The van der Waals surface area contributed by atoms with Crippen LogP contribution in [0.2, 0.25) is 0 Å². The largest absolute Gasteiger partial charge is 0.408 e. The highest BCUT2D eigenvalue weighted by atomic mass is 32.2. The zero-order chi connectivity index (χ0) is 9.56. The number of hydrogen-bond acceptors (Lipinski definition) is 3. The predicted molar refractivity (Wildman–Crippen MR) is 53.6 cm³/mol. The number of rotatable bonds is 4. The lowest BCUT2D eigenvalue weighted by Gasteiger charge is -2.26. The first kappa shape index (κ1) is 11.4. The molecule has 0 bridgehead atoms. The Morgan fingerprint density at radius 2 is 2.33 bits per heavy atom. The van der Waals surface area contributed by atoms with Gasteiger partial charge in [-0.2, -0.15) is 11.8 Å². The van der Waals surface area contributed by atoms with E-state index in [4.69, 9.17) is 10.9 Å². The summed E-state index contributed by atoms with van der Waals surface area (Å²) in [4.78, 5) is 1.79. The first-order chi connectivity index (χ1) is 5.67. The smallest absolute Gasteiger partial charge is 0.233 e. The molecule has 3 N–H and O–H groups in total. The van der Waals surface area contributed by atoms with Crippen LogP contribution >= 0.6 is 11.8 Å². The van der Waals surface area contributed by atoms with Crippen LogP contribution in [0, 0.1) is 0 Å². The SMILES string of the molecule is CCC(CSC)N(C)C(N)=NO. The van der Waals surface area contributed by atoms with Gasteiger partial charge in [0.25, 0.3) is 0 Å². The number of thioether (sulfide) groups is 1. The van der Waals surface area contributed by atoms with Crippen molar-refractivity contribution < 1.29 is 5.21 Å². The van der Waals surface area contributed by atoms with E-state index in [0.717, 1.165) is 12.2 Å². The Morgan fingerprint density at radius 3 is 2.67 bits per heavy atom. The van der Waals surface area contributed by atoms with E-state index in [9.17, 15) is 0 Å². The fraction of sp³-hybridized carbons (Fsp3) is 0.857. The normalized spacial score (nSPS) is 14.4. The molecular weight excluding hydrogens is 174 g/mol. The monoisotopic (exact) mass is 191 g/mol. The van der Waals surface area contributed by atoms with Crippen molar-refractivity contribution >= 4 is 17.7 Å². The molecule has 1 atom stereocenters. The first-order valence-electron chi connectivity index (χ1n) is 3.86. The highest BCUT2D eigenvalue weighted by Crippen LogP contribution is 2.07. The Hall–Kier alpha value is -0.580. The maximum absolute atomic E-state index is 8.43. The van der Waals surface area contributed by atoms with Crippen molar-refractivity contribution in [2.75, 3.05) is 19.1 Å². The third-order valence-corrected chi connectivity index (χ3v) is 2.56. The molecule has 0 saturated carbocycles. The third kappa shape index (κ3) is 3.21. The van der Waals surface area contributed by atoms with Crippen molar-refractivity contribution in [2.45, 2.75) is 19.4 Å². The fourth-order valence-electron chi connectivity index (χ4n) is 0.954. The molecule has 0 saturated heterocycles. The maximum atomic E-state index is 8.43. The van der Waals surface area contributed by atoms with Crippen molar-refractivity contribution in [3.8, 4) is 0 Å². The molecule has 1 unspecified atom stereocenters. The van der Waals surface area contributed by atoms with Gasteiger partial charge in [0.15, 0.2) is 0 Å². The molecule has 0 aliphatic heterocycles. The van der Waals surface area contributed by atoms with Crippen LogP contribution in [0.1, 0.15) is 13.3 Å². The second kappa shape index (κ2) is 5.99. The van der Waals surface area contributed by atoms with Crippen LogP contribution < -0.4 is 5.73 Å². The van der Waals surface area contributed by atoms with Crippen LogP contribution in [0.25, 0.3) is 0 Å². The van der Waals surface area contributed by atoms with Crippen molar-refractivity contribution in [3.63, 3.8) is 0 Å². The van der Waals surface area contributed by atoms with E-state index < -0.39 is 0 Å². The molecule has 0 fully saturated rings. The number of guanidine groups is 1. The summed E-state index contributed by atoms with van der Waals surface area (Å²) in [6.07, 6.45) is 3.04. The van der Waals surface area contributed by atoms with Gasteiger partial charge in [0.1, 0.15) is 0 Å². The molecule has 0 aromatic rings. The summed E-state index contributed by atoms with van der Waals surface area (Å²) in [5.74, 6) is 1.17. The molecule has 0 rings (SSSR count). The fourth-order valence-corrected chi connectivity index (χ4v) is 1.80. The highest BCUT2D eigenvalue weighted by molar-refractivity contribution is 7.98. The zero-order valence-electron chi connectivity index (χ0n) is 7.82. The molecular formula is C7H17N3OS. The highest BCUT2D eigenvalue weighted by Gasteiger charge is 2.13. The van der Waals surface area contributed by atoms with Gasteiger partial charge in [-0.1, -0.05) is 12.1 Å². The standard InChI is InChI=1S/C7H17N3OS/c1-4-6(5-12-3)10(2)7(8)9-11/h6,11H,4-5H2,1-3H3,(H2,8,9). The topological polar surface area (TPSA) is 61.8 Å². The van der Waals surface area contributed by atoms with Crippen LogP contribution in [-0.4, -0.2) is 41.2 Å². The molecule has 0 aromatic heterocycles. The van der Waals surface area contributed by atoms with E-state index in [-0.39, 0.29) is 5.96 Å². The molecule has 5 heteroatoms. The Balaban J connectivity index is 4.10. The van der Waals surface area contributed by atoms with Gasteiger partial charge in [0.2, 0.25) is 5.96 Å². The lowest BCUT2D eigenvalue weighted by Crippen LogP contribution is -2.42. The average Bonchev–Trinajstić information content (AvgIpc) is 2.11. The molecule has 4 nitrogen and oxygen atoms in total. The second-order valence-electron chi connectivity index (χ2n) is 2.59. The molecule has 0 aliphatic rings. The maximum Gasteiger partial charge on any atom is 0.233 e. The Kier molecular flexibility index (Phi) is 5.70. The summed E-state index contributed by atoms with van der Waals surface area (Å²) in [6, 6.07) is 0.343. The third-order valence-electron chi connectivity index (χ3n) is 1.84. The van der Waals surface area contributed by atoms with Crippen molar-refractivity contribution in [1.29, 1.82) is 0 Å². The lowest BCUT2D eigenvalue weighted by molar-refractivity contribution is 0.292. The first-order valence-corrected chi connectivity index (χ1v) is 5.26. The number of nitrogens with zero attached hydrogens (tertiary/aromatic N) is 2. The number of hydrogen-bond donors (Lipinski definition) is 2. The van der Waals surface area contributed by atoms with Crippen LogP contribution in [0.15, 0.2) is 5.16 Å². The van der Waals surface area contributed by atoms with Gasteiger partial charge in [-0.3, -0.25) is 0 Å². The molecule has 0 amide bonds. The van der Waals surface area contributed by atoms with E-state index in [2.05, 4.69) is 12.1 Å². The summed E-state index contributed by atoms with van der Waals surface area (Å²) >= 11 is 1.76. The lowest BCUT2D eigenvalue weighted by atomic mass is 10.2. The van der Waals surface area contributed by atoms with Crippen molar-refractivity contribution in [1.82, 2.24) is 4.90 Å².